The molecule has 1 aromatic heterocycles. The maximum atomic E-state index is 11.9. The second-order valence-corrected chi connectivity index (χ2v) is 4.50. The van der Waals surface area contributed by atoms with Crippen LogP contribution in [0.15, 0.2) is 29.3 Å². The monoisotopic (exact) mass is 291 g/mol. The van der Waals surface area contributed by atoms with E-state index < -0.39 is 0 Å². The molecule has 0 fully saturated rings. The van der Waals surface area contributed by atoms with Crippen molar-refractivity contribution in [2.75, 3.05) is 18.2 Å². The number of nitrogens with two attached hydrogens (primary N) is 1. The molecule has 0 aliphatic rings. The van der Waals surface area contributed by atoms with E-state index in [0.717, 1.165) is 0 Å². The summed E-state index contributed by atoms with van der Waals surface area (Å²) in [5, 5.41) is 6.57. The predicted molar refractivity (Wildman–Crippen MR) is 78.1 cm³/mol. The van der Waals surface area contributed by atoms with Gasteiger partial charge in [-0.15, -0.1) is 0 Å². The number of ether oxygens (including phenoxy) is 1. The molecule has 0 atom stereocenters. The van der Waals surface area contributed by atoms with Gasteiger partial charge in [-0.25, -0.2) is 9.48 Å². The van der Waals surface area contributed by atoms with Gasteiger partial charge in [0.1, 0.15) is 12.1 Å². The van der Waals surface area contributed by atoms with E-state index in [-0.39, 0.29) is 24.6 Å². The Morgan fingerprint density at radius 2 is 2.24 bits per heavy atom. The minimum absolute atomic E-state index is 0.127. The maximum absolute atomic E-state index is 11.9. The number of hydrogen-bond donors (Lipinski definition) is 2. The van der Waals surface area contributed by atoms with Crippen LogP contribution in [0.2, 0.25) is 0 Å². The summed E-state index contributed by atoms with van der Waals surface area (Å²) >= 11 is 0. The van der Waals surface area contributed by atoms with E-state index in [0.29, 0.717) is 17.1 Å². The highest BCUT2D eigenvalue weighted by atomic mass is 16.5. The molecule has 1 heterocycles. The molecule has 3 N–H and O–H groups in total. The minimum Gasteiger partial charge on any atom is -0.497 e. The van der Waals surface area contributed by atoms with Gasteiger partial charge < -0.3 is 15.8 Å². The van der Waals surface area contributed by atoms with Crippen molar-refractivity contribution in [3.63, 3.8) is 0 Å². The minimum atomic E-state index is -0.258. The van der Waals surface area contributed by atoms with E-state index >= 15 is 0 Å². The lowest BCUT2D eigenvalue weighted by atomic mass is 10.2. The highest BCUT2D eigenvalue weighted by molar-refractivity contribution is 5.93. The number of carbonyl (C=O) groups is 1. The number of carbonyl (C=O) groups excluding carboxylic acids is 1. The number of anilines is 2. The molecule has 8 nitrogen and oxygen atoms in total. The Kier molecular flexibility index (Phi) is 4.27. The molecule has 0 bridgehead atoms. The SMILES string of the molecule is COc1ccc(NC(=O)CCn2ncn(C)c2=O)c(N)c1. The highest BCUT2D eigenvalue weighted by Crippen LogP contribution is 2.24. The van der Waals surface area contributed by atoms with Crippen LogP contribution in [0.4, 0.5) is 11.4 Å². The van der Waals surface area contributed by atoms with Crippen LogP contribution in [0.5, 0.6) is 5.75 Å². The van der Waals surface area contributed by atoms with E-state index in [4.69, 9.17) is 10.5 Å². The lowest BCUT2D eigenvalue weighted by Crippen LogP contribution is -2.25. The summed E-state index contributed by atoms with van der Waals surface area (Å²) in [7, 11) is 3.14. The van der Waals surface area contributed by atoms with Gasteiger partial charge >= 0.3 is 5.69 Å². The number of methoxy groups -OCH3 is 1. The Labute approximate surface area is 121 Å². The van der Waals surface area contributed by atoms with Crippen LogP contribution in [-0.4, -0.2) is 27.4 Å². The first-order valence-electron chi connectivity index (χ1n) is 6.33. The van der Waals surface area contributed by atoms with Gasteiger partial charge in [0.15, 0.2) is 0 Å². The number of rotatable bonds is 5. The Bertz CT molecular complexity index is 704. The standard InChI is InChI=1S/C13H17N5O3/c1-17-8-15-18(13(17)20)6-5-12(19)16-11-4-3-9(21-2)7-10(11)14/h3-4,7-8H,5-6,14H2,1-2H3,(H,16,19). The molecule has 0 aliphatic heterocycles. The van der Waals surface area contributed by atoms with Gasteiger partial charge in [-0.05, 0) is 12.1 Å². The Balaban J connectivity index is 1.96. The molecular weight excluding hydrogens is 274 g/mol. The topological polar surface area (TPSA) is 104 Å². The molecule has 0 unspecified atom stereocenters. The normalized spacial score (nSPS) is 10.4. The first kappa shape index (κ1) is 14.6. The molecule has 0 saturated carbocycles. The van der Waals surface area contributed by atoms with Crippen molar-refractivity contribution in [3.8, 4) is 5.75 Å². The second-order valence-electron chi connectivity index (χ2n) is 4.50. The van der Waals surface area contributed by atoms with Crippen LogP contribution < -0.4 is 21.5 Å². The lowest BCUT2D eigenvalue weighted by molar-refractivity contribution is -0.116. The molecule has 112 valence electrons. The summed E-state index contributed by atoms with van der Waals surface area (Å²) in [4.78, 5) is 23.4. The van der Waals surface area contributed by atoms with Crippen LogP contribution in [0.3, 0.4) is 0 Å². The number of aromatic nitrogens is 3. The highest BCUT2D eigenvalue weighted by Gasteiger charge is 2.08. The van der Waals surface area contributed by atoms with Crippen molar-refractivity contribution in [2.45, 2.75) is 13.0 Å². The fourth-order valence-corrected chi connectivity index (χ4v) is 1.78. The van der Waals surface area contributed by atoms with Crippen LogP contribution in [0.1, 0.15) is 6.42 Å². The fraction of sp³-hybridized carbons (Fsp3) is 0.308. The van der Waals surface area contributed by atoms with Crippen molar-refractivity contribution in [1.82, 2.24) is 14.3 Å². The molecule has 2 rings (SSSR count). The van der Waals surface area contributed by atoms with E-state index in [2.05, 4.69) is 10.4 Å². The first-order valence-corrected chi connectivity index (χ1v) is 6.33. The molecule has 0 aliphatic carbocycles. The van der Waals surface area contributed by atoms with Crippen molar-refractivity contribution in [3.05, 3.63) is 35.0 Å². The van der Waals surface area contributed by atoms with Crippen molar-refractivity contribution in [2.24, 2.45) is 7.05 Å². The summed E-state index contributed by atoms with van der Waals surface area (Å²) in [6.45, 7) is 0.210. The molecule has 2 aromatic rings. The quantitative estimate of drug-likeness (QED) is 0.766. The Hall–Kier alpha value is -2.77. The maximum Gasteiger partial charge on any atom is 0.345 e. The molecule has 8 heteroatoms. The van der Waals surface area contributed by atoms with Crippen LogP contribution in [0, 0.1) is 0 Å². The molecule has 1 amide bonds. The van der Waals surface area contributed by atoms with E-state index in [1.807, 2.05) is 0 Å². The molecule has 21 heavy (non-hydrogen) atoms. The molecule has 1 aromatic carbocycles. The zero-order valence-electron chi connectivity index (χ0n) is 11.9. The van der Waals surface area contributed by atoms with Gasteiger partial charge in [0.2, 0.25) is 5.91 Å². The molecule has 0 saturated heterocycles. The van der Waals surface area contributed by atoms with E-state index in [1.54, 1.807) is 25.2 Å². The van der Waals surface area contributed by atoms with Gasteiger partial charge in [0.25, 0.3) is 0 Å². The summed E-state index contributed by atoms with van der Waals surface area (Å²) in [6.07, 6.45) is 1.53. The fourth-order valence-electron chi connectivity index (χ4n) is 1.78. The van der Waals surface area contributed by atoms with Crippen LogP contribution in [-0.2, 0) is 18.4 Å². The molecule has 0 spiro atoms. The summed E-state index contributed by atoms with van der Waals surface area (Å²) in [5.41, 5.74) is 6.48. The van der Waals surface area contributed by atoms with Crippen LogP contribution >= 0.6 is 0 Å². The average Bonchev–Trinajstić information content (AvgIpc) is 2.79. The summed E-state index contributed by atoms with van der Waals surface area (Å²) in [6, 6.07) is 4.99. The summed E-state index contributed by atoms with van der Waals surface area (Å²) in [5.74, 6) is 0.370. The van der Waals surface area contributed by atoms with Crippen molar-refractivity contribution < 1.29 is 9.53 Å². The number of hydrogen-bond acceptors (Lipinski definition) is 5. The Morgan fingerprint density at radius 1 is 1.48 bits per heavy atom. The zero-order valence-corrected chi connectivity index (χ0v) is 11.9. The van der Waals surface area contributed by atoms with Crippen molar-refractivity contribution in [1.29, 1.82) is 0 Å². The van der Waals surface area contributed by atoms with Gasteiger partial charge in [-0.3, -0.25) is 9.36 Å². The van der Waals surface area contributed by atoms with Crippen LogP contribution in [0.25, 0.3) is 0 Å². The third kappa shape index (κ3) is 3.41. The smallest absolute Gasteiger partial charge is 0.345 e. The third-order valence-electron chi connectivity index (χ3n) is 2.97. The third-order valence-corrected chi connectivity index (χ3v) is 2.97. The van der Waals surface area contributed by atoms with E-state index in [9.17, 15) is 9.59 Å². The molecular formula is C13H17N5O3. The van der Waals surface area contributed by atoms with E-state index in [1.165, 1.54) is 22.7 Å². The Morgan fingerprint density at radius 3 is 2.81 bits per heavy atom. The summed E-state index contributed by atoms with van der Waals surface area (Å²) < 4.78 is 7.61. The number of nitrogens with zero attached hydrogens (tertiary/aromatic N) is 3. The number of nitrogen functional groups attached to an aromatic ring is 1. The average molecular weight is 291 g/mol. The largest absolute Gasteiger partial charge is 0.497 e. The molecule has 0 radical (unpaired) electrons. The van der Waals surface area contributed by atoms with Gasteiger partial charge in [0, 0.05) is 19.5 Å². The van der Waals surface area contributed by atoms with Gasteiger partial charge in [-0.1, -0.05) is 0 Å². The second kappa shape index (κ2) is 6.12. The zero-order chi connectivity index (χ0) is 15.4. The van der Waals surface area contributed by atoms with Gasteiger partial charge in [-0.2, -0.15) is 5.10 Å². The predicted octanol–water partition coefficient (Wildman–Crippen LogP) is 0.201. The van der Waals surface area contributed by atoms with Crippen molar-refractivity contribution >= 4 is 17.3 Å². The number of aryl methyl sites for hydroxylation is 2. The number of nitrogens with one attached hydrogen (secondary N) is 1. The number of benzene rings is 1. The lowest BCUT2D eigenvalue weighted by Gasteiger charge is -2.09. The number of amides is 1. The first-order chi connectivity index (χ1) is 10.0. The van der Waals surface area contributed by atoms with Gasteiger partial charge in [0.05, 0.1) is 25.0 Å².